The van der Waals surface area contributed by atoms with Gasteiger partial charge in [0.1, 0.15) is 16.7 Å². The fourth-order valence-electron chi connectivity index (χ4n) is 2.18. The number of halogens is 2. The Morgan fingerprint density at radius 2 is 1.92 bits per heavy atom. The largest absolute Gasteiger partial charge is 0.481 e. The van der Waals surface area contributed by atoms with Crippen molar-refractivity contribution < 1.29 is 18.7 Å². The van der Waals surface area contributed by atoms with E-state index in [-0.39, 0.29) is 11.3 Å². The zero-order valence-electron chi connectivity index (χ0n) is 13.8. The molecule has 0 unspecified atom stereocenters. The summed E-state index contributed by atoms with van der Waals surface area (Å²) in [7, 11) is 0. The Balaban J connectivity index is 2.20. The summed E-state index contributed by atoms with van der Waals surface area (Å²) in [6.07, 6.45) is 3.00. The van der Waals surface area contributed by atoms with Crippen molar-refractivity contribution in [3.05, 3.63) is 42.1 Å². The second-order valence-corrected chi connectivity index (χ2v) is 7.51. The number of aliphatic carboxylic acids is 1. The summed E-state index contributed by atoms with van der Waals surface area (Å²) in [4.78, 5) is 14.7. The highest BCUT2D eigenvalue weighted by Gasteiger charge is 2.15. The third kappa shape index (κ3) is 5.71. The molecule has 25 heavy (non-hydrogen) atoms. The molecule has 0 aliphatic rings. The molecule has 0 radical (unpaired) electrons. The van der Waals surface area contributed by atoms with Crippen LogP contribution in [0.5, 0.6) is 0 Å². The van der Waals surface area contributed by atoms with Crippen LogP contribution in [0.1, 0.15) is 26.2 Å². The molecule has 0 aliphatic heterocycles. The van der Waals surface area contributed by atoms with E-state index in [0.717, 1.165) is 29.0 Å². The number of benzene rings is 1. The van der Waals surface area contributed by atoms with Gasteiger partial charge in [-0.3, -0.25) is 4.79 Å². The summed E-state index contributed by atoms with van der Waals surface area (Å²) in [6.45, 7) is 2.06. The number of hydrogen-bond acceptors (Lipinski definition) is 4. The molecule has 1 aromatic heterocycles. The van der Waals surface area contributed by atoms with E-state index in [9.17, 15) is 13.6 Å². The van der Waals surface area contributed by atoms with Crippen molar-refractivity contribution in [3.63, 3.8) is 0 Å². The van der Waals surface area contributed by atoms with Gasteiger partial charge in [0, 0.05) is 18.2 Å². The van der Waals surface area contributed by atoms with Gasteiger partial charge in [0.15, 0.2) is 0 Å². The Labute approximate surface area is 154 Å². The minimum absolute atomic E-state index is 0.0119. The van der Waals surface area contributed by atoms with E-state index >= 15 is 0 Å². The molecule has 0 saturated carbocycles. The quantitative estimate of drug-likeness (QED) is 0.459. The van der Waals surface area contributed by atoms with E-state index in [0.29, 0.717) is 23.3 Å². The van der Waals surface area contributed by atoms with Gasteiger partial charge in [-0.1, -0.05) is 13.0 Å². The molecule has 0 atom stereocenters. The maximum absolute atomic E-state index is 14.4. The van der Waals surface area contributed by atoms with Crippen LogP contribution in [0.2, 0.25) is 0 Å². The summed E-state index contributed by atoms with van der Waals surface area (Å²) >= 11 is 2.56. The highest BCUT2D eigenvalue weighted by atomic mass is 32.2. The maximum Gasteiger partial charge on any atom is 0.303 e. The monoisotopic (exact) mass is 383 g/mol. The third-order valence-corrected chi connectivity index (χ3v) is 5.69. The van der Waals surface area contributed by atoms with E-state index in [4.69, 9.17) is 5.11 Å². The van der Waals surface area contributed by atoms with Crippen molar-refractivity contribution in [2.24, 2.45) is 0 Å². The number of rotatable bonds is 9. The first-order chi connectivity index (χ1) is 12.0. The standard InChI is InChI=1S/C18H19F2NO2S2/c1-2-8-25-18-13(5-3-7-21-18)12-10-14(19)17(15(20)11-12)24-9-4-6-16(22)23/h3,5,7,10-11H,2,4,6,8-9H2,1H3,(H,22,23). The number of pyridine rings is 1. The molecule has 0 amide bonds. The number of carbonyl (C=O) groups is 1. The topological polar surface area (TPSA) is 50.2 Å². The lowest BCUT2D eigenvalue weighted by molar-refractivity contribution is -0.137. The Morgan fingerprint density at radius 1 is 1.20 bits per heavy atom. The van der Waals surface area contributed by atoms with E-state index in [1.807, 2.05) is 0 Å². The van der Waals surface area contributed by atoms with Gasteiger partial charge in [-0.15, -0.1) is 23.5 Å². The van der Waals surface area contributed by atoms with Crippen LogP contribution in [0.15, 0.2) is 40.4 Å². The third-order valence-electron chi connectivity index (χ3n) is 3.30. The van der Waals surface area contributed by atoms with Crippen LogP contribution >= 0.6 is 23.5 Å². The van der Waals surface area contributed by atoms with E-state index < -0.39 is 17.6 Å². The summed E-state index contributed by atoms with van der Waals surface area (Å²) in [5, 5.41) is 9.36. The van der Waals surface area contributed by atoms with E-state index in [1.54, 1.807) is 30.1 Å². The second-order valence-electron chi connectivity index (χ2n) is 5.32. The molecule has 2 aromatic rings. The van der Waals surface area contributed by atoms with Crippen LogP contribution in [0.4, 0.5) is 8.78 Å². The minimum Gasteiger partial charge on any atom is -0.481 e. The molecular formula is C18H19F2NO2S2. The maximum atomic E-state index is 14.4. The van der Waals surface area contributed by atoms with Gasteiger partial charge >= 0.3 is 5.97 Å². The predicted octanol–water partition coefficient (Wildman–Crippen LogP) is 5.49. The highest BCUT2D eigenvalue weighted by molar-refractivity contribution is 7.99. The lowest BCUT2D eigenvalue weighted by atomic mass is 10.1. The van der Waals surface area contributed by atoms with Gasteiger partial charge in [0.2, 0.25) is 0 Å². The molecule has 0 bridgehead atoms. The molecule has 1 N–H and O–H groups in total. The Hall–Kier alpha value is -1.60. The first-order valence-corrected chi connectivity index (χ1v) is 9.91. The lowest BCUT2D eigenvalue weighted by Crippen LogP contribution is -1.97. The lowest BCUT2D eigenvalue weighted by Gasteiger charge is -2.11. The highest BCUT2D eigenvalue weighted by Crippen LogP contribution is 2.34. The molecule has 0 fully saturated rings. The summed E-state index contributed by atoms with van der Waals surface area (Å²) in [5.74, 6) is -0.946. The van der Waals surface area contributed by atoms with Crippen LogP contribution in [-0.2, 0) is 4.79 Å². The van der Waals surface area contributed by atoms with Crippen LogP contribution < -0.4 is 0 Å². The van der Waals surface area contributed by atoms with Crippen LogP contribution in [0.25, 0.3) is 11.1 Å². The zero-order valence-corrected chi connectivity index (χ0v) is 15.4. The summed E-state index contributed by atoms with van der Waals surface area (Å²) in [5.41, 5.74) is 1.16. The number of hydrogen-bond donors (Lipinski definition) is 1. The van der Waals surface area contributed by atoms with Crippen molar-refractivity contribution in [1.82, 2.24) is 4.98 Å². The average Bonchev–Trinajstić information content (AvgIpc) is 2.58. The molecule has 7 heteroatoms. The summed E-state index contributed by atoms with van der Waals surface area (Å²) in [6, 6.07) is 6.18. The Bertz CT molecular complexity index is 718. The molecule has 0 saturated heterocycles. The van der Waals surface area contributed by atoms with Crippen molar-refractivity contribution in [1.29, 1.82) is 0 Å². The minimum atomic E-state index is -0.912. The van der Waals surface area contributed by atoms with Gasteiger partial charge in [-0.2, -0.15) is 0 Å². The second kappa shape index (κ2) is 9.77. The van der Waals surface area contributed by atoms with Gasteiger partial charge in [-0.25, -0.2) is 13.8 Å². The number of aromatic nitrogens is 1. The number of thioether (sulfide) groups is 2. The summed E-state index contributed by atoms with van der Waals surface area (Å²) < 4.78 is 28.7. The fourth-order valence-corrected chi connectivity index (χ4v) is 3.94. The van der Waals surface area contributed by atoms with E-state index in [1.165, 1.54) is 12.1 Å². The molecular weight excluding hydrogens is 364 g/mol. The Morgan fingerprint density at radius 3 is 2.56 bits per heavy atom. The van der Waals surface area contributed by atoms with Crippen LogP contribution in [0.3, 0.4) is 0 Å². The van der Waals surface area contributed by atoms with E-state index in [2.05, 4.69) is 11.9 Å². The van der Waals surface area contributed by atoms with Gasteiger partial charge in [0.25, 0.3) is 0 Å². The predicted molar refractivity (Wildman–Crippen MR) is 98.2 cm³/mol. The number of nitrogens with zero attached hydrogens (tertiary/aromatic N) is 1. The molecule has 3 nitrogen and oxygen atoms in total. The van der Waals surface area contributed by atoms with Crippen LogP contribution in [0, 0.1) is 11.6 Å². The number of carboxylic acid groups (broad SMARTS) is 1. The van der Waals surface area contributed by atoms with Crippen molar-refractivity contribution in [2.75, 3.05) is 11.5 Å². The fraction of sp³-hybridized carbons (Fsp3) is 0.333. The van der Waals surface area contributed by atoms with Crippen molar-refractivity contribution >= 4 is 29.5 Å². The molecule has 134 valence electrons. The van der Waals surface area contributed by atoms with Crippen molar-refractivity contribution in [2.45, 2.75) is 36.1 Å². The average molecular weight is 383 g/mol. The van der Waals surface area contributed by atoms with Crippen LogP contribution in [-0.4, -0.2) is 27.6 Å². The SMILES string of the molecule is CCCSc1ncccc1-c1cc(F)c(SCCCC(=O)O)c(F)c1. The van der Waals surface area contributed by atoms with Gasteiger partial charge in [0.05, 0.1) is 4.90 Å². The van der Waals surface area contributed by atoms with Gasteiger partial charge in [-0.05, 0) is 48.1 Å². The number of carboxylic acids is 1. The Kier molecular flexibility index (Phi) is 7.71. The first-order valence-electron chi connectivity index (χ1n) is 7.94. The molecule has 1 heterocycles. The smallest absolute Gasteiger partial charge is 0.303 e. The zero-order chi connectivity index (χ0) is 18.2. The van der Waals surface area contributed by atoms with Crippen molar-refractivity contribution in [3.8, 4) is 11.1 Å². The van der Waals surface area contributed by atoms with Gasteiger partial charge < -0.3 is 5.11 Å². The molecule has 2 rings (SSSR count). The normalized spacial score (nSPS) is 10.8. The molecule has 0 spiro atoms. The molecule has 1 aromatic carbocycles. The molecule has 0 aliphatic carbocycles. The first kappa shape index (κ1) is 19.7.